The predicted molar refractivity (Wildman–Crippen MR) is 78.2 cm³/mol. The number of halogens is 2. The third kappa shape index (κ3) is 5.12. The maximum Gasteiger partial charge on any atom is 0.337 e. The number of benzene rings is 1. The zero-order valence-electron chi connectivity index (χ0n) is 11.1. The molecule has 0 saturated carbocycles. The molecule has 0 unspecified atom stereocenters. The number of sulfone groups is 1. The second kappa shape index (κ2) is 7.95. The fraction of sp³-hybridized carbons (Fsp3) is 0.417. The van der Waals surface area contributed by atoms with E-state index < -0.39 is 15.8 Å². The van der Waals surface area contributed by atoms with Crippen molar-refractivity contribution in [1.29, 1.82) is 0 Å². The number of hydrogen-bond donors (Lipinski definition) is 1. The molecular weight excluding hydrogens is 343 g/mol. The van der Waals surface area contributed by atoms with Crippen LogP contribution in [0.15, 0.2) is 17.0 Å². The molecule has 0 fully saturated rings. The molecule has 0 aliphatic carbocycles. The average Bonchev–Trinajstić information content (AvgIpc) is 2.40. The first-order valence-electron chi connectivity index (χ1n) is 5.81. The smallest absolute Gasteiger partial charge is 0.337 e. The van der Waals surface area contributed by atoms with Crippen LogP contribution in [0.2, 0.25) is 10.0 Å². The first-order chi connectivity index (χ1) is 9.79. The first kappa shape index (κ1) is 18.2. The van der Waals surface area contributed by atoms with Crippen molar-refractivity contribution < 1.29 is 27.8 Å². The highest BCUT2D eigenvalue weighted by Gasteiger charge is 2.23. The van der Waals surface area contributed by atoms with Gasteiger partial charge in [-0.3, -0.25) is 0 Å². The summed E-state index contributed by atoms with van der Waals surface area (Å²) in [6.07, 6.45) is 0. The molecule has 21 heavy (non-hydrogen) atoms. The monoisotopic (exact) mass is 356 g/mol. The van der Waals surface area contributed by atoms with E-state index in [1.807, 2.05) is 0 Å². The van der Waals surface area contributed by atoms with E-state index in [0.29, 0.717) is 6.61 Å². The van der Waals surface area contributed by atoms with Crippen molar-refractivity contribution in [2.24, 2.45) is 0 Å². The molecule has 0 aliphatic heterocycles. The number of carbonyl (C=O) groups is 1. The molecule has 118 valence electrons. The zero-order valence-corrected chi connectivity index (χ0v) is 13.5. The van der Waals surface area contributed by atoms with Crippen LogP contribution in [0.3, 0.4) is 0 Å². The minimum absolute atomic E-state index is 0.0179. The predicted octanol–water partition coefficient (Wildman–Crippen LogP) is 2.13. The van der Waals surface area contributed by atoms with Crippen molar-refractivity contribution in [2.75, 3.05) is 32.7 Å². The highest BCUT2D eigenvalue weighted by atomic mass is 35.5. The van der Waals surface area contributed by atoms with Gasteiger partial charge in [0.2, 0.25) is 0 Å². The largest absolute Gasteiger partial charge is 0.478 e. The molecule has 9 heteroatoms. The lowest BCUT2D eigenvalue weighted by Crippen LogP contribution is -2.15. The van der Waals surface area contributed by atoms with E-state index in [4.69, 9.17) is 37.8 Å². The van der Waals surface area contributed by atoms with Gasteiger partial charge in [-0.25, -0.2) is 13.2 Å². The van der Waals surface area contributed by atoms with Crippen LogP contribution < -0.4 is 0 Å². The summed E-state index contributed by atoms with van der Waals surface area (Å²) in [4.78, 5) is 10.7. The standard InChI is InChI=1S/C12H14Cl2O6S/c1-19-2-3-20-4-5-21(17,18)10-7-8(13)6-9(11(10)14)12(15)16/h6-7H,2-5H2,1H3,(H,15,16). The van der Waals surface area contributed by atoms with Crippen LogP contribution in [0.25, 0.3) is 0 Å². The van der Waals surface area contributed by atoms with Gasteiger partial charge >= 0.3 is 5.97 Å². The van der Waals surface area contributed by atoms with Gasteiger partial charge in [-0.15, -0.1) is 0 Å². The SMILES string of the molecule is COCCOCCS(=O)(=O)c1cc(Cl)cc(C(=O)O)c1Cl. The van der Waals surface area contributed by atoms with Crippen LogP contribution in [-0.4, -0.2) is 52.2 Å². The highest BCUT2D eigenvalue weighted by Crippen LogP contribution is 2.30. The van der Waals surface area contributed by atoms with Crippen LogP contribution in [0, 0.1) is 0 Å². The van der Waals surface area contributed by atoms with Gasteiger partial charge in [0, 0.05) is 12.1 Å². The number of rotatable bonds is 8. The summed E-state index contributed by atoms with van der Waals surface area (Å²) < 4.78 is 34.2. The Morgan fingerprint density at radius 3 is 2.48 bits per heavy atom. The fourth-order valence-corrected chi connectivity index (χ4v) is 3.54. The number of aromatic carboxylic acids is 1. The lowest BCUT2D eigenvalue weighted by Gasteiger charge is -2.10. The maximum atomic E-state index is 12.2. The molecule has 0 heterocycles. The molecule has 1 N–H and O–H groups in total. The molecule has 1 aromatic rings. The Balaban J connectivity index is 2.95. The molecule has 0 aromatic heterocycles. The second-order valence-electron chi connectivity index (χ2n) is 3.99. The topological polar surface area (TPSA) is 89.9 Å². The van der Waals surface area contributed by atoms with E-state index in [1.165, 1.54) is 7.11 Å². The van der Waals surface area contributed by atoms with Gasteiger partial charge in [0.15, 0.2) is 9.84 Å². The highest BCUT2D eigenvalue weighted by molar-refractivity contribution is 7.91. The van der Waals surface area contributed by atoms with Gasteiger partial charge in [0.1, 0.15) is 0 Å². The summed E-state index contributed by atoms with van der Waals surface area (Å²) >= 11 is 11.6. The molecule has 0 radical (unpaired) electrons. The minimum Gasteiger partial charge on any atom is -0.478 e. The summed E-state index contributed by atoms with van der Waals surface area (Å²) in [7, 11) is -2.30. The molecule has 1 rings (SSSR count). The van der Waals surface area contributed by atoms with Crippen molar-refractivity contribution in [2.45, 2.75) is 4.90 Å². The number of ether oxygens (including phenoxy) is 2. The number of carboxylic acid groups (broad SMARTS) is 1. The Kier molecular flexibility index (Phi) is 6.89. The summed E-state index contributed by atoms with van der Waals surface area (Å²) in [5.41, 5.74) is -0.358. The summed E-state index contributed by atoms with van der Waals surface area (Å²) in [6.45, 7) is 0.549. The normalized spacial score (nSPS) is 11.6. The summed E-state index contributed by atoms with van der Waals surface area (Å²) in [5, 5.41) is 8.60. The van der Waals surface area contributed by atoms with Crippen molar-refractivity contribution in [3.8, 4) is 0 Å². The Labute approximate surface area is 132 Å². The molecule has 0 atom stereocenters. The molecule has 0 bridgehead atoms. The maximum absolute atomic E-state index is 12.2. The number of hydrogen-bond acceptors (Lipinski definition) is 5. The van der Waals surface area contributed by atoms with Gasteiger partial charge in [-0.2, -0.15) is 0 Å². The summed E-state index contributed by atoms with van der Waals surface area (Å²) in [5.74, 6) is -1.69. The Morgan fingerprint density at radius 1 is 1.24 bits per heavy atom. The van der Waals surface area contributed by atoms with E-state index in [9.17, 15) is 13.2 Å². The quantitative estimate of drug-likeness (QED) is 0.717. The molecule has 0 saturated heterocycles. The first-order valence-corrected chi connectivity index (χ1v) is 8.22. The minimum atomic E-state index is -3.80. The van der Waals surface area contributed by atoms with Crippen LogP contribution >= 0.6 is 23.2 Å². The number of methoxy groups -OCH3 is 1. The van der Waals surface area contributed by atoms with Crippen molar-refractivity contribution in [3.05, 3.63) is 27.7 Å². The molecule has 0 spiro atoms. The van der Waals surface area contributed by atoms with E-state index in [1.54, 1.807) is 0 Å². The zero-order chi connectivity index (χ0) is 16.0. The van der Waals surface area contributed by atoms with Crippen LogP contribution in [0.1, 0.15) is 10.4 Å². The summed E-state index contributed by atoms with van der Waals surface area (Å²) in [6, 6.07) is 2.22. The van der Waals surface area contributed by atoms with Gasteiger partial charge in [0.25, 0.3) is 0 Å². The van der Waals surface area contributed by atoms with E-state index >= 15 is 0 Å². The molecular formula is C12H14Cl2O6S. The van der Waals surface area contributed by atoms with Gasteiger partial charge in [-0.05, 0) is 12.1 Å². The molecule has 0 amide bonds. The lowest BCUT2D eigenvalue weighted by molar-refractivity contribution is 0.0697. The van der Waals surface area contributed by atoms with E-state index in [0.717, 1.165) is 12.1 Å². The fourth-order valence-electron chi connectivity index (χ4n) is 1.47. The lowest BCUT2D eigenvalue weighted by atomic mass is 10.2. The van der Waals surface area contributed by atoms with Crippen LogP contribution in [0.5, 0.6) is 0 Å². The Bertz CT molecular complexity index is 614. The second-order valence-corrected chi connectivity index (χ2v) is 6.89. The third-order valence-corrected chi connectivity index (χ3v) is 4.93. The molecule has 1 aromatic carbocycles. The van der Waals surface area contributed by atoms with Gasteiger partial charge in [-0.1, -0.05) is 23.2 Å². The Morgan fingerprint density at radius 2 is 1.90 bits per heavy atom. The average molecular weight is 357 g/mol. The van der Waals surface area contributed by atoms with Gasteiger partial charge in [0.05, 0.1) is 41.1 Å². The van der Waals surface area contributed by atoms with Crippen molar-refractivity contribution in [3.63, 3.8) is 0 Å². The molecule has 6 nitrogen and oxygen atoms in total. The van der Waals surface area contributed by atoms with E-state index in [-0.39, 0.29) is 39.5 Å². The third-order valence-electron chi connectivity index (χ3n) is 2.50. The van der Waals surface area contributed by atoms with Gasteiger partial charge < -0.3 is 14.6 Å². The number of carboxylic acids is 1. The van der Waals surface area contributed by atoms with Crippen LogP contribution in [-0.2, 0) is 19.3 Å². The Hall–Kier alpha value is -0.860. The van der Waals surface area contributed by atoms with E-state index in [2.05, 4.69) is 0 Å². The molecule has 0 aliphatic rings. The van der Waals surface area contributed by atoms with Crippen LogP contribution in [0.4, 0.5) is 0 Å². The van der Waals surface area contributed by atoms with Crippen molar-refractivity contribution in [1.82, 2.24) is 0 Å². The van der Waals surface area contributed by atoms with Crippen molar-refractivity contribution >= 4 is 39.0 Å².